The van der Waals surface area contributed by atoms with E-state index in [9.17, 15) is 8.42 Å². The summed E-state index contributed by atoms with van der Waals surface area (Å²) >= 11 is 8.52. The molecule has 0 saturated heterocycles. The largest absolute Gasteiger partial charge is 0.310 e. The molecule has 0 aliphatic rings. The molecule has 0 atom stereocenters. The van der Waals surface area contributed by atoms with E-state index in [1.807, 2.05) is 19.9 Å². The van der Waals surface area contributed by atoms with Crippen molar-refractivity contribution in [2.24, 2.45) is 0 Å². The molecule has 1 aromatic heterocycles. The van der Waals surface area contributed by atoms with E-state index in [4.69, 9.17) is 0 Å². The Kier molecular flexibility index (Phi) is 5.82. The van der Waals surface area contributed by atoms with E-state index in [1.165, 1.54) is 11.1 Å². The van der Waals surface area contributed by atoms with Gasteiger partial charge in [-0.15, -0.1) is 11.3 Å². The first-order valence-electron chi connectivity index (χ1n) is 5.22. The fourth-order valence-corrected chi connectivity index (χ4v) is 4.74. The second-order valence-electron chi connectivity index (χ2n) is 4.70. The van der Waals surface area contributed by atoms with Gasteiger partial charge in [0, 0.05) is 28.0 Å². The lowest BCUT2D eigenvalue weighted by Gasteiger charge is -2.25. The number of nitrogens with one attached hydrogen (secondary N) is 2. The second-order valence-corrected chi connectivity index (χ2v) is 9.75. The third kappa shape index (κ3) is 6.12. The van der Waals surface area contributed by atoms with Gasteiger partial charge in [-0.05, 0) is 51.8 Å². The smallest absolute Gasteiger partial charge is 0.209 e. The lowest BCUT2D eigenvalue weighted by molar-refractivity contribution is 0.422. The van der Waals surface area contributed by atoms with Gasteiger partial charge in [0.2, 0.25) is 10.0 Å². The average molecular weight is 420 g/mol. The van der Waals surface area contributed by atoms with Crippen LogP contribution in [0.5, 0.6) is 0 Å². The van der Waals surface area contributed by atoms with Gasteiger partial charge in [-0.1, -0.05) is 0 Å². The third-order valence-electron chi connectivity index (χ3n) is 2.02. The first kappa shape index (κ1) is 16.6. The van der Waals surface area contributed by atoms with Gasteiger partial charge in [-0.3, -0.25) is 0 Å². The van der Waals surface area contributed by atoms with Gasteiger partial charge in [0.25, 0.3) is 0 Å². The molecule has 1 rings (SSSR count). The molecule has 0 unspecified atom stereocenters. The minimum absolute atomic E-state index is 0.501. The lowest BCUT2D eigenvalue weighted by Crippen LogP contribution is -2.49. The summed E-state index contributed by atoms with van der Waals surface area (Å²) in [5, 5.41) is 3.25. The van der Waals surface area contributed by atoms with Crippen LogP contribution in [0.3, 0.4) is 0 Å². The summed E-state index contributed by atoms with van der Waals surface area (Å²) in [6, 6.07) is 2.04. The van der Waals surface area contributed by atoms with Crippen molar-refractivity contribution in [2.45, 2.75) is 25.9 Å². The maximum Gasteiger partial charge on any atom is 0.209 e. The van der Waals surface area contributed by atoms with Gasteiger partial charge < -0.3 is 5.32 Å². The minimum atomic E-state index is -3.18. The average Bonchev–Trinajstić information content (AvgIpc) is 2.41. The molecule has 0 fully saturated rings. The molecule has 1 heterocycles. The van der Waals surface area contributed by atoms with E-state index >= 15 is 0 Å². The van der Waals surface area contributed by atoms with Gasteiger partial charge in [0.15, 0.2) is 0 Å². The molecule has 0 radical (unpaired) electrons. The second kappa shape index (κ2) is 6.32. The molecular weight excluding hydrogens is 404 g/mol. The highest BCUT2D eigenvalue weighted by Crippen LogP contribution is 2.32. The molecule has 0 bridgehead atoms. The fourth-order valence-electron chi connectivity index (χ4n) is 1.51. The van der Waals surface area contributed by atoms with Crippen LogP contribution in [0.25, 0.3) is 0 Å². The summed E-state index contributed by atoms with van der Waals surface area (Å²) in [5.74, 6) is 0. The van der Waals surface area contributed by atoms with Gasteiger partial charge in [0.1, 0.15) is 0 Å². The zero-order valence-electron chi connectivity index (χ0n) is 10.4. The highest BCUT2D eigenvalue weighted by atomic mass is 79.9. The van der Waals surface area contributed by atoms with E-state index in [-0.39, 0.29) is 0 Å². The summed E-state index contributed by atoms with van der Waals surface area (Å²) < 4.78 is 27.1. The number of halogens is 2. The Morgan fingerprint density at radius 1 is 1.39 bits per heavy atom. The topological polar surface area (TPSA) is 58.2 Å². The Balaban J connectivity index is 2.46. The van der Waals surface area contributed by atoms with Crippen LogP contribution in [0.15, 0.2) is 14.3 Å². The minimum Gasteiger partial charge on any atom is -0.310 e. The van der Waals surface area contributed by atoms with Crippen LogP contribution in [0.2, 0.25) is 0 Å². The van der Waals surface area contributed by atoms with Crippen LogP contribution in [-0.4, -0.2) is 26.8 Å². The van der Waals surface area contributed by atoms with Gasteiger partial charge in [-0.2, -0.15) is 0 Å². The normalized spacial score (nSPS) is 12.9. The van der Waals surface area contributed by atoms with Crippen molar-refractivity contribution in [3.05, 3.63) is 19.2 Å². The van der Waals surface area contributed by atoms with Crippen molar-refractivity contribution < 1.29 is 8.42 Å². The van der Waals surface area contributed by atoms with Crippen LogP contribution in [-0.2, 0) is 16.6 Å². The molecule has 1 aromatic rings. The van der Waals surface area contributed by atoms with E-state index < -0.39 is 15.6 Å². The number of sulfonamides is 1. The molecule has 0 aliphatic heterocycles. The lowest BCUT2D eigenvalue weighted by atomic mass is 10.1. The first-order valence-corrected chi connectivity index (χ1v) is 9.52. The molecule has 18 heavy (non-hydrogen) atoms. The Hall–Kier alpha value is 0.530. The van der Waals surface area contributed by atoms with Crippen LogP contribution in [0, 0.1) is 0 Å². The number of hydrogen-bond acceptors (Lipinski definition) is 4. The predicted molar refractivity (Wildman–Crippen MR) is 83.5 cm³/mol. The summed E-state index contributed by atoms with van der Waals surface area (Å²) in [7, 11) is -3.18. The van der Waals surface area contributed by atoms with Crippen molar-refractivity contribution in [1.29, 1.82) is 0 Å². The van der Waals surface area contributed by atoms with Crippen LogP contribution in [0.4, 0.5) is 0 Å². The zero-order chi connectivity index (χ0) is 14.0. The number of hydrogen-bond donors (Lipinski definition) is 2. The third-order valence-corrected chi connectivity index (χ3v) is 6.20. The zero-order valence-corrected chi connectivity index (χ0v) is 15.2. The molecule has 2 N–H and O–H groups in total. The SMILES string of the molecule is CC(C)(CNCc1cc(Br)c(Br)s1)NS(C)(=O)=O. The molecule has 8 heteroatoms. The van der Waals surface area contributed by atoms with Crippen LogP contribution in [0.1, 0.15) is 18.7 Å². The fraction of sp³-hybridized carbons (Fsp3) is 0.600. The molecule has 104 valence electrons. The van der Waals surface area contributed by atoms with E-state index in [2.05, 4.69) is 41.9 Å². The van der Waals surface area contributed by atoms with E-state index in [0.717, 1.165) is 8.26 Å². The maximum atomic E-state index is 11.2. The van der Waals surface area contributed by atoms with E-state index in [0.29, 0.717) is 13.1 Å². The van der Waals surface area contributed by atoms with Crippen molar-refractivity contribution >= 4 is 53.2 Å². The summed E-state index contributed by atoms with van der Waals surface area (Å²) in [4.78, 5) is 1.18. The first-order chi connectivity index (χ1) is 8.09. The molecule has 0 aliphatic carbocycles. The predicted octanol–water partition coefficient (Wildman–Crippen LogP) is 2.69. The van der Waals surface area contributed by atoms with Crippen LogP contribution >= 0.6 is 43.2 Å². The summed E-state index contributed by atoms with van der Waals surface area (Å²) in [6.45, 7) is 4.97. The quantitative estimate of drug-likeness (QED) is 0.745. The number of thiophene rings is 1. The highest BCUT2D eigenvalue weighted by molar-refractivity contribution is 9.13. The maximum absolute atomic E-state index is 11.2. The van der Waals surface area contributed by atoms with Crippen molar-refractivity contribution in [2.75, 3.05) is 12.8 Å². The molecular formula is C10H16Br2N2O2S2. The molecule has 4 nitrogen and oxygen atoms in total. The Morgan fingerprint density at radius 3 is 2.44 bits per heavy atom. The Labute approximate surface area is 129 Å². The van der Waals surface area contributed by atoms with Crippen molar-refractivity contribution in [1.82, 2.24) is 10.0 Å². The molecule has 0 saturated carbocycles. The van der Waals surface area contributed by atoms with Gasteiger partial charge in [0.05, 0.1) is 10.0 Å². The summed E-state index contributed by atoms with van der Waals surface area (Å²) in [6.07, 6.45) is 1.17. The molecule has 0 aromatic carbocycles. The van der Waals surface area contributed by atoms with Gasteiger partial charge >= 0.3 is 0 Å². The Bertz CT molecular complexity index is 492. The standard InChI is InChI=1S/C10H16Br2N2O2S2/c1-10(2,14-18(3,15)16)6-13-5-7-4-8(11)9(12)17-7/h4,13-14H,5-6H2,1-3H3. The van der Waals surface area contributed by atoms with Gasteiger partial charge in [-0.25, -0.2) is 13.1 Å². The molecule has 0 spiro atoms. The number of rotatable bonds is 6. The molecule has 0 amide bonds. The van der Waals surface area contributed by atoms with Crippen LogP contribution < -0.4 is 10.0 Å². The van der Waals surface area contributed by atoms with Crippen molar-refractivity contribution in [3.63, 3.8) is 0 Å². The highest BCUT2D eigenvalue weighted by Gasteiger charge is 2.21. The van der Waals surface area contributed by atoms with Crippen molar-refractivity contribution in [3.8, 4) is 0 Å². The monoisotopic (exact) mass is 418 g/mol. The summed E-state index contributed by atoms with van der Waals surface area (Å²) in [5.41, 5.74) is -0.501. The Morgan fingerprint density at radius 2 is 2.00 bits per heavy atom. The van der Waals surface area contributed by atoms with E-state index in [1.54, 1.807) is 11.3 Å².